The van der Waals surface area contributed by atoms with E-state index in [4.69, 9.17) is 0 Å². The molecule has 2 amide bonds. The topological polar surface area (TPSA) is 122 Å². The molecule has 0 saturated carbocycles. The van der Waals surface area contributed by atoms with Crippen LogP contribution >= 0.6 is 0 Å². The molecule has 0 spiro atoms. The van der Waals surface area contributed by atoms with Crippen molar-refractivity contribution in [1.29, 1.82) is 0 Å². The summed E-state index contributed by atoms with van der Waals surface area (Å²) in [5.74, 6) is -0.718. The third-order valence-electron chi connectivity index (χ3n) is 3.96. The second kappa shape index (κ2) is 7.65. The lowest BCUT2D eigenvalue weighted by molar-refractivity contribution is -0.119. The van der Waals surface area contributed by atoms with Gasteiger partial charge in [-0.3, -0.25) is 14.4 Å². The minimum absolute atomic E-state index is 0.120. The molecular weight excluding hydrogens is 348 g/mol. The van der Waals surface area contributed by atoms with E-state index in [9.17, 15) is 14.4 Å². The summed E-state index contributed by atoms with van der Waals surface area (Å²) in [6.07, 6.45) is 4.33. The van der Waals surface area contributed by atoms with Gasteiger partial charge in [-0.05, 0) is 44.2 Å². The van der Waals surface area contributed by atoms with E-state index in [1.165, 1.54) is 36.5 Å². The molecule has 3 rings (SSSR count). The Kier molecular flexibility index (Phi) is 5.11. The number of rotatable bonds is 6. The first-order valence-corrected chi connectivity index (χ1v) is 8.20. The first-order valence-electron chi connectivity index (χ1n) is 8.20. The predicted molar refractivity (Wildman–Crippen MR) is 98.6 cm³/mol. The van der Waals surface area contributed by atoms with Crippen LogP contribution in [0, 0.1) is 0 Å². The fourth-order valence-electron chi connectivity index (χ4n) is 2.35. The lowest BCUT2D eigenvalue weighted by Gasteiger charge is -2.12. The largest absolute Gasteiger partial charge is 0.356 e. The minimum Gasteiger partial charge on any atom is -0.356 e. The monoisotopic (exact) mass is 366 g/mol. The summed E-state index contributed by atoms with van der Waals surface area (Å²) >= 11 is 0. The fraction of sp³-hybridized carbons (Fsp3) is 0.167. The van der Waals surface area contributed by atoms with Gasteiger partial charge in [-0.25, -0.2) is 9.67 Å². The Labute approximate surface area is 154 Å². The highest BCUT2D eigenvalue weighted by atomic mass is 16.2. The lowest BCUT2D eigenvalue weighted by Crippen LogP contribution is -2.24. The van der Waals surface area contributed by atoms with Gasteiger partial charge in [0.25, 0.3) is 5.91 Å². The van der Waals surface area contributed by atoms with Gasteiger partial charge >= 0.3 is 0 Å². The highest BCUT2D eigenvalue weighted by Crippen LogP contribution is 2.16. The standard InChI is InChI=1S/C18H18N6O3/c1-11(24-10-19-9-21-24)17(26)22-14-3-5-15(6-4-14)23-18(27)16-7-13(8-20-16)12(2)25/h3-11,20H,1-2H3,(H,22,26)(H,23,27). The number of carbonyl (C=O) groups excluding carboxylic acids is 3. The molecule has 0 aliphatic rings. The van der Waals surface area contributed by atoms with E-state index < -0.39 is 6.04 Å². The predicted octanol–water partition coefficient (Wildman–Crippen LogP) is 2.26. The smallest absolute Gasteiger partial charge is 0.272 e. The average molecular weight is 366 g/mol. The molecule has 138 valence electrons. The number of amides is 2. The number of benzene rings is 1. The molecule has 1 unspecified atom stereocenters. The molecule has 0 bridgehead atoms. The van der Waals surface area contributed by atoms with Crippen LogP contribution in [0.1, 0.15) is 40.7 Å². The minimum atomic E-state index is -0.504. The second-order valence-corrected chi connectivity index (χ2v) is 5.93. The summed E-state index contributed by atoms with van der Waals surface area (Å²) in [4.78, 5) is 42.3. The van der Waals surface area contributed by atoms with E-state index in [1.54, 1.807) is 31.2 Å². The van der Waals surface area contributed by atoms with Crippen molar-refractivity contribution in [3.8, 4) is 0 Å². The molecule has 2 heterocycles. The number of nitrogens with one attached hydrogen (secondary N) is 3. The van der Waals surface area contributed by atoms with Gasteiger partial charge in [0.05, 0.1) is 0 Å². The Morgan fingerprint density at radius 1 is 1.11 bits per heavy atom. The van der Waals surface area contributed by atoms with Crippen molar-refractivity contribution in [2.45, 2.75) is 19.9 Å². The zero-order chi connectivity index (χ0) is 19.4. The number of nitrogens with zero attached hydrogens (tertiary/aromatic N) is 3. The van der Waals surface area contributed by atoms with Crippen molar-refractivity contribution in [3.63, 3.8) is 0 Å². The summed E-state index contributed by atoms with van der Waals surface area (Å²) in [5, 5.41) is 9.43. The molecule has 27 heavy (non-hydrogen) atoms. The first kappa shape index (κ1) is 18.1. The summed E-state index contributed by atoms with van der Waals surface area (Å²) in [5.41, 5.74) is 1.88. The van der Waals surface area contributed by atoms with E-state index in [-0.39, 0.29) is 17.6 Å². The molecule has 1 atom stereocenters. The van der Waals surface area contributed by atoms with Crippen molar-refractivity contribution >= 4 is 29.0 Å². The van der Waals surface area contributed by atoms with Crippen LogP contribution in [0.3, 0.4) is 0 Å². The molecule has 0 aliphatic carbocycles. The van der Waals surface area contributed by atoms with Crippen LogP contribution in [0.25, 0.3) is 0 Å². The Bertz CT molecular complexity index is 959. The molecule has 3 aromatic rings. The molecule has 2 aromatic heterocycles. The van der Waals surface area contributed by atoms with Crippen molar-refractivity contribution in [1.82, 2.24) is 19.7 Å². The van der Waals surface area contributed by atoms with Gasteiger partial charge in [0.2, 0.25) is 5.91 Å². The van der Waals surface area contributed by atoms with E-state index in [1.807, 2.05) is 0 Å². The number of hydrogen-bond acceptors (Lipinski definition) is 5. The number of ketones is 1. The number of carbonyl (C=O) groups is 3. The van der Waals surface area contributed by atoms with Crippen LogP contribution in [-0.4, -0.2) is 37.3 Å². The molecule has 3 N–H and O–H groups in total. The van der Waals surface area contributed by atoms with Crippen molar-refractivity contribution in [2.24, 2.45) is 0 Å². The van der Waals surface area contributed by atoms with Crippen LogP contribution in [0.4, 0.5) is 11.4 Å². The number of Topliss-reactive ketones (excluding diaryl/α,β-unsaturated/α-hetero) is 1. The number of hydrogen-bond donors (Lipinski definition) is 3. The van der Waals surface area contributed by atoms with E-state index in [0.717, 1.165) is 0 Å². The van der Waals surface area contributed by atoms with Crippen molar-refractivity contribution in [2.75, 3.05) is 10.6 Å². The lowest BCUT2D eigenvalue weighted by atomic mass is 10.2. The highest BCUT2D eigenvalue weighted by Gasteiger charge is 2.15. The summed E-state index contributed by atoms with van der Waals surface area (Å²) < 4.78 is 1.45. The quantitative estimate of drug-likeness (QED) is 0.578. The molecule has 0 aliphatic heterocycles. The molecule has 1 aromatic carbocycles. The molecule has 0 fully saturated rings. The Hall–Kier alpha value is -3.75. The maximum Gasteiger partial charge on any atom is 0.272 e. The number of aromatic nitrogens is 4. The second-order valence-electron chi connectivity index (χ2n) is 5.93. The van der Waals surface area contributed by atoms with Crippen LogP contribution < -0.4 is 10.6 Å². The fourth-order valence-corrected chi connectivity index (χ4v) is 2.35. The van der Waals surface area contributed by atoms with E-state index >= 15 is 0 Å². The van der Waals surface area contributed by atoms with Crippen LogP contribution in [0.2, 0.25) is 0 Å². The molecular formula is C18H18N6O3. The normalized spacial score (nSPS) is 11.6. The van der Waals surface area contributed by atoms with Gasteiger partial charge in [-0.2, -0.15) is 5.10 Å². The Balaban J connectivity index is 1.60. The van der Waals surface area contributed by atoms with Gasteiger partial charge in [-0.15, -0.1) is 0 Å². The maximum absolute atomic E-state index is 12.2. The zero-order valence-electron chi connectivity index (χ0n) is 14.8. The molecule has 9 nitrogen and oxygen atoms in total. The first-order chi connectivity index (χ1) is 12.9. The third-order valence-corrected chi connectivity index (χ3v) is 3.96. The number of aromatic amines is 1. The van der Waals surface area contributed by atoms with Crippen LogP contribution in [0.15, 0.2) is 49.2 Å². The average Bonchev–Trinajstić information content (AvgIpc) is 3.34. The van der Waals surface area contributed by atoms with Crippen LogP contribution in [-0.2, 0) is 4.79 Å². The summed E-state index contributed by atoms with van der Waals surface area (Å²) in [7, 11) is 0. The Morgan fingerprint density at radius 3 is 2.33 bits per heavy atom. The number of anilines is 2. The maximum atomic E-state index is 12.2. The summed E-state index contributed by atoms with van der Waals surface area (Å²) in [6.45, 7) is 3.14. The highest BCUT2D eigenvalue weighted by molar-refractivity contribution is 6.05. The van der Waals surface area contributed by atoms with Gasteiger partial charge < -0.3 is 15.6 Å². The molecule has 0 saturated heterocycles. The van der Waals surface area contributed by atoms with E-state index in [0.29, 0.717) is 22.6 Å². The SMILES string of the molecule is CC(=O)c1c[nH]c(C(=O)Nc2ccc(NC(=O)C(C)n3cncn3)cc2)c1. The third kappa shape index (κ3) is 4.27. The Morgan fingerprint density at radius 2 is 1.78 bits per heavy atom. The molecule has 9 heteroatoms. The van der Waals surface area contributed by atoms with Gasteiger partial charge in [0.15, 0.2) is 5.78 Å². The van der Waals surface area contributed by atoms with Gasteiger partial charge in [0, 0.05) is 23.1 Å². The van der Waals surface area contributed by atoms with Crippen LogP contribution in [0.5, 0.6) is 0 Å². The van der Waals surface area contributed by atoms with Gasteiger partial charge in [0.1, 0.15) is 24.4 Å². The van der Waals surface area contributed by atoms with E-state index in [2.05, 4.69) is 25.7 Å². The molecule has 0 radical (unpaired) electrons. The number of H-pyrrole nitrogens is 1. The zero-order valence-corrected chi connectivity index (χ0v) is 14.8. The summed E-state index contributed by atoms with van der Waals surface area (Å²) in [6, 6.07) is 7.69. The van der Waals surface area contributed by atoms with Crippen molar-refractivity contribution in [3.05, 3.63) is 60.4 Å². The van der Waals surface area contributed by atoms with Crippen molar-refractivity contribution < 1.29 is 14.4 Å². The van der Waals surface area contributed by atoms with Gasteiger partial charge in [-0.1, -0.05) is 0 Å².